The third-order valence-electron chi connectivity index (χ3n) is 2.37. The molecule has 0 fully saturated rings. The van der Waals surface area contributed by atoms with Crippen molar-refractivity contribution in [3.8, 4) is 0 Å². The Hall–Kier alpha value is -1.23. The van der Waals surface area contributed by atoms with Gasteiger partial charge in [-0.1, -0.05) is 13.2 Å². The molecule has 7 nitrogen and oxygen atoms in total. The average Bonchev–Trinajstić information content (AvgIpc) is 2.42. The first kappa shape index (κ1) is 19.8. The molecule has 0 aromatic heterocycles. The third-order valence-corrected chi connectivity index (χ3v) is 2.96. The van der Waals surface area contributed by atoms with Crippen molar-refractivity contribution in [2.24, 2.45) is 5.84 Å². The van der Waals surface area contributed by atoms with Crippen molar-refractivity contribution in [2.75, 3.05) is 27.1 Å². The summed E-state index contributed by atoms with van der Waals surface area (Å²) in [6.45, 7) is 9.82. The van der Waals surface area contributed by atoms with Crippen molar-refractivity contribution in [3.05, 3.63) is 56.0 Å². The van der Waals surface area contributed by atoms with Gasteiger partial charge in [-0.2, -0.15) is 0 Å². The van der Waals surface area contributed by atoms with E-state index in [4.69, 9.17) is 15.3 Å². The maximum atomic E-state index is 10.8. The first-order valence-electron chi connectivity index (χ1n) is 5.98. The second kappa shape index (κ2) is 10.5. The van der Waals surface area contributed by atoms with Crippen LogP contribution in [-0.2, 0) is 9.47 Å². The summed E-state index contributed by atoms with van der Waals surface area (Å²) in [6.07, 6.45) is 2.91. The van der Waals surface area contributed by atoms with Gasteiger partial charge in [0.05, 0.1) is 23.8 Å². The van der Waals surface area contributed by atoms with Crippen LogP contribution < -0.4 is 5.84 Å². The number of nitrogens with two attached hydrogens (primary N) is 1. The van der Waals surface area contributed by atoms with Crippen LogP contribution in [-0.4, -0.2) is 37.0 Å². The minimum absolute atomic E-state index is 0.0177. The SMILES string of the molecule is C=C/C(=C(\C=C(/C)[N+](=O)[O-])C(=C)I)N(N)COCCOC. The van der Waals surface area contributed by atoms with E-state index in [1.54, 1.807) is 7.11 Å². The Morgan fingerprint density at radius 3 is 2.57 bits per heavy atom. The summed E-state index contributed by atoms with van der Waals surface area (Å²) < 4.78 is 10.8. The van der Waals surface area contributed by atoms with Gasteiger partial charge in [0.25, 0.3) is 0 Å². The lowest BCUT2D eigenvalue weighted by molar-refractivity contribution is -0.424. The lowest BCUT2D eigenvalue weighted by atomic mass is 10.1. The molecule has 2 N–H and O–H groups in total. The smallest absolute Gasteiger partial charge is 0.243 e. The number of rotatable bonds is 10. The Kier molecular flexibility index (Phi) is 9.88. The van der Waals surface area contributed by atoms with E-state index >= 15 is 0 Å². The molecule has 0 bridgehead atoms. The second-order valence-corrected chi connectivity index (χ2v) is 5.25. The zero-order valence-electron chi connectivity index (χ0n) is 12.2. The fourth-order valence-electron chi connectivity index (χ4n) is 1.31. The standard InChI is InChI=1S/C13H20IN3O4/c1-5-13(16(15)9-21-7-6-20-4)12(11(3)14)8-10(2)17(18)19/h5,8H,1,3,6-7,9,15H2,2,4H3/b10-8+,13-12-. The summed E-state index contributed by atoms with van der Waals surface area (Å²) in [5, 5.41) is 12.1. The summed E-state index contributed by atoms with van der Waals surface area (Å²) in [6, 6.07) is 0. The molecule has 0 saturated heterocycles. The van der Waals surface area contributed by atoms with Gasteiger partial charge in [0, 0.05) is 29.3 Å². The van der Waals surface area contributed by atoms with Crippen LogP contribution in [0.15, 0.2) is 45.9 Å². The van der Waals surface area contributed by atoms with E-state index < -0.39 is 4.92 Å². The van der Waals surface area contributed by atoms with Crippen molar-refractivity contribution < 1.29 is 14.4 Å². The molecule has 0 aliphatic rings. The summed E-state index contributed by atoms with van der Waals surface area (Å²) in [5.41, 5.74) is 1.00. The van der Waals surface area contributed by atoms with Gasteiger partial charge in [-0.05, 0) is 28.7 Å². The number of ether oxygens (including phenoxy) is 2. The number of hydrogen-bond donors (Lipinski definition) is 1. The maximum absolute atomic E-state index is 10.8. The highest BCUT2D eigenvalue weighted by Gasteiger charge is 2.13. The number of halogens is 1. The second-order valence-electron chi connectivity index (χ2n) is 3.95. The van der Waals surface area contributed by atoms with Gasteiger partial charge in [-0.15, -0.1) is 0 Å². The van der Waals surface area contributed by atoms with Gasteiger partial charge < -0.3 is 9.47 Å². The highest BCUT2D eigenvalue weighted by molar-refractivity contribution is 14.1. The Morgan fingerprint density at radius 1 is 1.52 bits per heavy atom. The zero-order chi connectivity index (χ0) is 16.4. The van der Waals surface area contributed by atoms with Crippen LogP contribution in [0.4, 0.5) is 0 Å². The molecule has 0 unspecified atom stereocenters. The van der Waals surface area contributed by atoms with E-state index in [-0.39, 0.29) is 12.4 Å². The van der Waals surface area contributed by atoms with E-state index in [2.05, 4.69) is 13.2 Å². The van der Waals surface area contributed by atoms with E-state index in [0.717, 1.165) is 0 Å². The van der Waals surface area contributed by atoms with Crippen LogP contribution in [0.5, 0.6) is 0 Å². The van der Waals surface area contributed by atoms with E-state index in [0.29, 0.717) is 28.1 Å². The number of methoxy groups -OCH3 is 1. The highest BCUT2D eigenvalue weighted by atomic mass is 127. The van der Waals surface area contributed by atoms with Gasteiger partial charge in [-0.25, -0.2) is 5.84 Å². The van der Waals surface area contributed by atoms with Crippen molar-refractivity contribution in [3.63, 3.8) is 0 Å². The number of hydrazine groups is 1. The molecule has 0 spiro atoms. The van der Waals surface area contributed by atoms with E-state index in [9.17, 15) is 10.1 Å². The van der Waals surface area contributed by atoms with Crippen molar-refractivity contribution in [1.29, 1.82) is 0 Å². The largest absolute Gasteiger partial charge is 0.382 e. The number of nitro groups is 1. The Morgan fingerprint density at radius 2 is 2.14 bits per heavy atom. The van der Waals surface area contributed by atoms with Crippen molar-refractivity contribution in [1.82, 2.24) is 5.01 Å². The molecule has 21 heavy (non-hydrogen) atoms. The highest BCUT2D eigenvalue weighted by Crippen LogP contribution is 2.24. The monoisotopic (exact) mass is 409 g/mol. The minimum Gasteiger partial charge on any atom is -0.382 e. The van der Waals surface area contributed by atoms with Gasteiger partial charge in [0.2, 0.25) is 5.70 Å². The summed E-state index contributed by atoms with van der Waals surface area (Å²) in [5.74, 6) is 5.90. The molecule has 0 saturated carbocycles. The zero-order valence-corrected chi connectivity index (χ0v) is 14.3. The predicted molar refractivity (Wildman–Crippen MR) is 89.9 cm³/mol. The van der Waals surface area contributed by atoms with Crippen LogP contribution in [0.2, 0.25) is 0 Å². The number of nitrogens with zero attached hydrogens (tertiary/aromatic N) is 2. The van der Waals surface area contributed by atoms with Crippen molar-refractivity contribution >= 4 is 22.6 Å². The topological polar surface area (TPSA) is 90.9 Å². The summed E-state index contributed by atoms with van der Waals surface area (Å²) in [4.78, 5) is 10.3. The van der Waals surface area contributed by atoms with Crippen LogP contribution in [0.1, 0.15) is 6.92 Å². The number of allylic oxidation sites excluding steroid dienone is 5. The molecule has 0 aliphatic carbocycles. The van der Waals surface area contributed by atoms with Crippen LogP contribution in [0.25, 0.3) is 0 Å². The molecule has 0 amide bonds. The van der Waals surface area contributed by atoms with E-state index in [1.807, 2.05) is 22.6 Å². The lowest BCUT2D eigenvalue weighted by Crippen LogP contribution is -2.33. The maximum Gasteiger partial charge on any atom is 0.243 e. The fraction of sp³-hybridized carbons (Fsp3) is 0.385. The van der Waals surface area contributed by atoms with E-state index in [1.165, 1.54) is 24.1 Å². The fourth-order valence-corrected chi connectivity index (χ4v) is 1.74. The van der Waals surface area contributed by atoms with Crippen LogP contribution in [0, 0.1) is 10.1 Å². The summed E-state index contributed by atoms with van der Waals surface area (Å²) >= 11 is 1.97. The first-order chi connectivity index (χ1) is 9.84. The Labute approximate surface area is 138 Å². The van der Waals surface area contributed by atoms with Crippen LogP contribution in [0.3, 0.4) is 0 Å². The van der Waals surface area contributed by atoms with Gasteiger partial charge in [-0.3, -0.25) is 15.1 Å². The Balaban J connectivity index is 5.26. The molecule has 8 heteroatoms. The molecular formula is C13H20IN3O4. The predicted octanol–water partition coefficient (Wildman–Crippen LogP) is 2.35. The molecule has 0 aromatic rings. The molecule has 118 valence electrons. The van der Waals surface area contributed by atoms with Crippen molar-refractivity contribution in [2.45, 2.75) is 6.92 Å². The Bertz CT molecular complexity index is 460. The molecule has 0 aliphatic heterocycles. The normalized spacial score (nSPS) is 12.7. The van der Waals surface area contributed by atoms with Crippen LogP contribution >= 0.6 is 22.6 Å². The average molecular weight is 409 g/mol. The first-order valence-corrected chi connectivity index (χ1v) is 7.06. The molecule has 0 heterocycles. The third kappa shape index (κ3) is 7.37. The summed E-state index contributed by atoms with van der Waals surface area (Å²) in [7, 11) is 1.57. The number of hydrogen-bond acceptors (Lipinski definition) is 6. The molecule has 0 aromatic carbocycles. The molecule has 0 atom stereocenters. The molecule has 0 radical (unpaired) electrons. The van der Waals surface area contributed by atoms with Gasteiger partial charge in [0.1, 0.15) is 6.73 Å². The molecular weight excluding hydrogens is 389 g/mol. The van der Waals surface area contributed by atoms with Gasteiger partial charge in [0.15, 0.2) is 0 Å². The van der Waals surface area contributed by atoms with Gasteiger partial charge >= 0.3 is 0 Å². The minimum atomic E-state index is -0.476. The molecule has 0 rings (SSSR count). The quantitative estimate of drug-likeness (QED) is 0.113. The lowest BCUT2D eigenvalue weighted by Gasteiger charge is -2.21.